The fraction of sp³-hybridized carbons (Fsp3) is 0.667. The van der Waals surface area contributed by atoms with Gasteiger partial charge in [-0.25, -0.2) is 9.38 Å². The summed E-state index contributed by atoms with van der Waals surface area (Å²) in [5, 5.41) is 0.470. The van der Waals surface area contributed by atoms with Gasteiger partial charge in [0.15, 0.2) is 0 Å². The molecule has 0 radical (unpaired) electrons. The van der Waals surface area contributed by atoms with Crippen LogP contribution in [0.5, 0.6) is 0 Å². The number of fused-ring (bicyclic) bond motifs is 1. The first-order valence-corrected chi connectivity index (χ1v) is 13.0. The SMILES string of the molecule is O=C1N=C(CSC2CCOCC2)N=C2C=C(OCC3CCN(C(=O)C4CC4)CC3)C=C(F)C12. The first-order chi connectivity index (χ1) is 16.1. The fourth-order valence-corrected chi connectivity index (χ4v) is 5.68. The number of carbonyl (C=O) groups is 2. The van der Waals surface area contributed by atoms with Crippen molar-refractivity contribution in [2.45, 2.75) is 43.8 Å². The van der Waals surface area contributed by atoms with Crippen molar-refractivity contribution in [3.8, 4) is 0 Å². The number of halogens is 1. The second kappa shape index (κ2) is 10.1. The van der Waals surface area contributed by atoms with Crippen LogP contribution >= 0.6 is 11.8 Å². The maximum Gasteiger partial charge on any atom is 0.263 e. The van der Waals surface area contributed by atoms with Crippen LogP contribution in [0.1, 0.15) is 38.5 Å². The highest BCUT2D eigenvalue weighted by atomic mass is 32.2. The number of hydrogen-bond acceptors (Lipinski definition) is 6. The van der Waals surface area contributed by atoms with Gasteiger partial charge in [0.1, 0.15) is 23.3 Å². The minimum Gasteiger partial charge on any atom is -0.493 e. The van der Waals surface area contributed by atoms with E-state index < -0.39 is 17.7 Å². The summed E-state index contributed by atoms with van der Waals surface area (Å²) in [4.78, 5) is 35.2. The molecule has 0 aromatic heterocycles. The van der Waals surface area contributed by atoms with Gasteiger partial charge in [-0.05, 0) is 44.4 Å². The van der Waals surface area contributed by atoms with Crippen molar-refractivity contribution in [1.29, 1.82) is 0 Å². The Kier molecular flexibility index (Phi) is 6.97. The molecular formula is C24H30FN3O4S. The zero-order chi connectivity index (χ0) is 22.8. The summed E-state index contributed by atoms with van der Waals surface area (Å²) >= 11 is 1.73. The number of amidine groups is 1. The number of hydrogen-bond donors (Lipinski definition) is 0. The molecule has 0 aromatic rings. The Hall–Kier alpha value is -2.00. The Balaban J connectivity index is 1.15. The van der Waals surface area contributed by atoms with Gasteiger partial charge in [-0.15, -0.1) is 0 Å². The lowest BCUT2D eigenvalue weighted by Gasteiger charge is -2.32. The molecule has 33 heavy (non-hydrogen) atoms. The van der Waals surface area contributed by atoms with Gasteiger partial charge in [-0.1, -0.05) is 0 Å². The van der Waals surface area contributed by atoms with Crippen molar-refractivity contribution in [2.75, 3.05) is 38.7 Å². The van der Waals surface area contributed by atoms with Gasteiger partial charge < -0.3 is 14.4 Å². The zero-order valence-electron chi connectivity index (χ0n) is 18.7. The maximum absolute atomic E-state index is 14.7. The minimum absolute atomic E-state index is 0.258. The van der Waals surface area contributed by atoms with E-state index in [0.717, 1.165) is 64.8 Å². The smallest absolute Gasteiger partial charge is 0.263 e. The van der Waals surface area contributed by atoms with E-state index in [2.05, 4.69) is 9.98 Å². The van der Waals surface area contributed by atoms with Gasteiger partial charge in [-0.2, -0.15) is 16.8 Å². The maximum atomic E-state index is 14.7. The molecule has 1 saturated carbocycles. The van der Waals surface area contributed by atoms with Gasteiger partial charge in [0.2, 0.25) is 5.91 Å². The summed E-state index contributed by atoms with van der Waals surface area (Å²) in [7, 11) is 0. The molecule has 3 fully saturated rings. The zero-order valence-corrected chi connectivity index (χ0v) is 19.5. The van der Waals surface area contributed by atoms with E-state index in [-0.39, 0.29) is 5.92 Å². The highest BCUT2D eigenvalue weighted by molar-refractivity contribution is 8.00. The minimum atomic E-state index is -1.05. The largest absolute Gasteiger partial charge is 0.493 e. The second-order valence-electron chi connectivity index (χ2n) is 9.39. The van der Waals surface area contributed by atoms with Gasteiger partial charge in [0, 0.05) is 49.6 Å². The van der Waals surface area contributed by atoms with Crippen molar-refractivity contribution in [1.82, 2.24) is 4.90 Å². The van der Waals surface area contributed by atoms with Crippen LogP contribution in [-0.4, -0.2) is 72.2 Å². The van der Waals surface area contributed by atoms with Crippen LogP contribution in [0.2, 0.25) is 0 Å². The average Bonchev–Trinajstić information content (AvgIpc) is 3.67. The van der Waals surface area contributed by atoms with Crippen LogP contribution < -0.4 is 0 Å². The third kappa shape index (κ3) is 5.57. The highest BCUT2D eigenvalue weighted by Crippen LogP contribution is 2.33. The van der Waals surface area contributed by atoms with Gasteiger partial charge in [0.05, 0.1) is 18.1 Å². The molecule has 9 heteroatoms. The van der Waals surface area contributed by atoms with Gasteiger partial charge in [-0.3, -0.25) is 9.59 Å². The van der Waals surface area contributed by atoms with E-state index >= 15 is 0 Å². The van der Waals surface area contributed by atoms with Crippen LogP contribution in [0, 0.1) is 17.8 Å². The van der Waals surface area contributed by atoms with Crippen molar-refractivity contribution >= 4 is 35.1 Å². The van der Waals surface area contributed by atoms with Crippen molar-refractivity contribution in [3.63, 3.8) is 0 Å². The Bertz CT molecular complexity index is 913. The first kappa shape index (κ1) is 22.8. The van der Waals surface area contributed by atoms with Crippen LogP contribution in [0.15, 0.2) is 33.7 Å². The number of piperidine rings is 1. The molecule has 1 unspecified atom stereocenters. The number of thioether (sulfide) groups is 1. The Morgan fingerprint density at radius 1 is 1.12 bits per heavy atom. The summed E-state index contributed by atoms with van der Waals surface area (Å²) < 4.78 is 26.0. The average molecular weight is 476 g/mol. The van der Waals surface area contributed by atoms with E-state index in [0.29, 0.717) is 46.7 Å². The Labute approximate surface area is 197 Å². The molecule has 0 bridgehead atoms. The molecule has 0 aromatic carbocycles. The lowest BCUT2D eigenvalue weighted by Crippen LogP contribution is -2.40. The Morgan fingerprint density at radius 2 is 1.88 bits per heavy atom. The van der Waals surface area contributed by atoms with E-state index in [4.69, 9.17) is 9.47 Å². The fourth-order valence-electron chi connectivity index (χ4n) is 4.64. The quantitative estimate of drug-likeness (QED) is 0.564. The molecule has 2 saturated heterocycles. The van der Waals surface area contributed by atoms with Gasteiger partial charge >= 0.3 is 0 Å². The molecular weight excluding hydrogens is 445 g/mol. The molecule has 3 heterocycles. The number of aliphatic imine (C=N–C) groups is 2. The number of ether oxygens (including phenoxy) is 2. The van der Waals surface area contributed by atoms with Crippen LogP contribution in [0.4, 0.5) is 4.39 Å². The number of nitrogens with zero attached hydrogens (tertiary/aromatic N) is 3. The molecule has 7 nitrogen and oxygen atoms in total. The molecule has 2 aliphatic carbocycles. The number of allylic oxidation sites excluding steroid dienone is 2. The van der Waals surface area contributed by atoms with Gasteiger partial charge in [0.25, 0.3) is 5.91 Å². The number of rotatable bonds is 7. The van der Waals surface area contributed by atoms with E-state index in [1.54, 1.807) is 17.8 Å². The number of amides is 2. The molecule has 3 aliphatic heterocycles. The monoisotopic (exact) mass is 475 g/mol. The van der Waals surface area contributed by atoms with Crippen molar-refractivity contribution < 1.29 is 23.5 Å². The summed E-state index contributed by atoms with van der Waals surface area (Å²) in [6.07, 6.45) is 8.75. The summed E-state index contributed by atoms with van der Waals surface area (Å²) in [6, 6.07) is 0. The summed E-state index contributed by atoms with van der Waals surface area (Å²) in [5.74, 6) is 0.130. The van der Waals surface area contributed by atoms with Crippen LogP contribution in [0.25, 0.3) is 0 Å². The molecule has 5 aliphatic rings. The number of likely N-dealkylation sites (tertiary alicyclic amines) is 1. The third-order valence-corrected chi connectivity index (χ3v) is 8.21. The first-order valence-electron chi connectivity index (χ1n) is 12.0. The lowest BCUT2D eigenvalue weighted by atomic mass is 9.94. The third-order valence-electron chi connectivity index (χ3n) is 6.84. The van der Waals surface area contributed by atoms with Crippen molar-refractivity contribution in [3.05, 3.63) is 23.7 Å². The summed E-state index contributed by atoms with van der Waals surface area (Å²) in [6.45, 7) is 3.51. The normalized spacial score (nSPS) is 26.8. The molecule has 2 amide bonds. The van der Waals surface area contributed by atoms with Crippen LogP contribution in [0.3, 0.4) is 0 Å². The lowest BCUT2D eigenvalue weighted by molar-refractivity contribution is -0.134. The van der Waals surface area contributed by atoms with E-state index in [9.17, 15) is 14.0 Å². The van der Waals surface area contributed by atoms with E-state index in [1.807, 2.05) is 4.90 Å². The Morgan fingerprint density at radius 3 is 2.61 bits per heavy atom. The highest BCUT2D eigenvalue weighted by Gasteiger charge is 2.36. The molecule has 1 atom stereocenters. The molecule has 0 spiro atoms. The second-order valence-corrected chi connectivity index (χ2v) is 10.7. The number of carbonyl (C=O) groups excluding carboxylic acids is 2. The van der Waals surface area contributed by atoms with E-state index in [1.165, 1.54) is 6.08 Å². The predicted molar refractivity (Wildman–Crippen MR) is 125 cm³/mol. The molecule has 178 valence electrons. The van der Waals surface area contributed by atoms with Crippen LogP contribution in [-0.2, 0) is 19.1 Å². The summed E-state index contributed by atoms with van der Waals surface area (Å²) in [5.41, 5.74) is 0.373. The molecule has 0 N–H and O–H groups in total. The standard InChI is InChI=1S/C24H30FN3O4S/c25-19-11-17(32-13-15-3-7-28(8-4-15)24(30)16-1-2-16)12-20-22(19)23(29)27-21(26-20)14-33-18-5-9-31-10-6-18/h11-12,15-16,18,22H,1-10,13-14H2. The topological polar surface area (TPSA) is 80.6 Å². The predicted octanol–water partition coefficient (Wildman–Crippen LogP) is 3.31. The van der Waals surface area contributed by atoms with Crippen molar-refractivity contribution in [2.24, 2.45) is 27.7 Å². The molecule has 5 rings (SSSR count).